The molecule has 0 bridgehead atoms. The first kappa shape index (κ1) is 13.6. The van der Waals surface area contributed by atoms with Crippen LogP contribution in [0.4, 0.5) is 5.13 Å². The second-order valence-corrected chi connectivity index (χ2v) is 6.59. The van der Waals surface area contributed by atoms with Crippen molar-refractivity contribution in [2.75, 3.05) is 11.9 Å². The number of aryl methyl sites for hydroxylation is 1. The van der Waals surface area contributed by atoms with Crippen LogP contribution in [0.5, 0.6) is 0 Å². The fourth-order valence-electron chi connectivity index (χ4n) is 2.11. The molecule has 0 aliphatic carbocycles. The van der Waals surface area contributed by atoms with Crippen LogP contribution in [-0.2, 0) is 6.42 Å². The van der Waals surface area contributed by atoms with E-state index < -0.39 is 0 Å². The van der Waals surface area contributed by atoms with Crippen molar-refractivity contribution in [2.45, 2.75) is 12.8 Å². The summed E-state index contributed by atoms with van der Waals surface area (Å²) in [6, 6.07) is 16.8. The van der Waals surface area contributed by atoms with Gasteiger partial charge in [0, 0.05) is 11.0 Å². The molecular formula is C16H15BrN2S. The molecule has 20 heavy (non-hydrogen) atoms. The first-order valence-electron chi connectivity index (χ1n) is 6.65. The fraction of sp³-hybridized carbons (Fsp3) is 0.188. The number of benzene rings is 2. The predicted octanol–water partition coefficient (Wildman–Crippen LogP) is 5.10. The van der Waals surface area contributed by atoms with E-state index in [-0.39, 0.29) is 0 Å². The Morgan fingerprint density at radius 3 is 2.80 bits per heavy atom. The summed E-state index contributed by atoms with van der Waals surface area (Å²) in [5, 5.41) is 4.42. The van der Waals surface area contributed by atoms with Gasteiger partial charge >= 0.3 is 0 Å². The highest BCUT2D eigenvalue weighted by Crippen LogP contribution is 2.28. The summed E-state index contributed by atoms with van der Waals surface area (Å²) in [5.74, 6) is 0. The molecule has 0 aliphatic heterocycles. The van der Waals surface area contributed by atoms with E-state index in [0.29, 0.717) is 0 Å². The third-order valence-electron chi connectivity index (χ3n) is 3.11. The molecule has 0 amide bonds. The molecular weight excluding hydrogens is 332 g/mol. The molecule has 0 aliphatic rings. The summed E-state index contributed by atoms with van der Waals surface area (Å²) in [6.07, 6.45) is 2.22. The van der Waals surface area contributed by atoms with E-state index in [1.165, 1.54) is 10.3 Å². The number of halogens is 1. The van der Waals surface area contributed by atoms with Crippen LogP contribution in [0.1, 0.15) is 12.0 Å². The fourth-order valence-corrected chi connectivity index (χ4v) is 3.33. The Hall–Kier alpha value is -1.39. The summed E-state index contributed by atoms with van der Waals surface area (Å²) in [7, 11) is 0. The predicted molar refractivity (Wildman–Crippen MR) is 90.6 cm³/mol. The van der Waals surface area contributed by atoms with Crippen LogP contribution in [0.25, 0.3) is 10.2 Å². The third kappa shape index (κ3) is 3.38. The third-order valence-corrected chi connectivity index (χ3v) is 4.60. The van der Waals surface area contributed by atoms with Gasteiger partial charge in [0.15, 0.2) is 5.13 Å². The number of nitrogens with one attached hydrogen (secondary N) is 1. The summed E-state index contributed by atoms with van der Waals surface area (Å²) in [5.41, 5.74) is 2.44. The molecule has 1 N–H and O–H groups in total. The Labute approximate surface area is 131 Å². The summed E-state index contributed by atoms with van der Waals surface area (Å²) in [4.78, 5) is 4.60. The van der Waals surface area contributed by atoms with E-state index in [1.54, 1.807) is 11.3 Å². The van der Waals surface area contributed by atoms with Crippen LogP contribution in [0.15, 0.2) is 53.0 Å². The van der Waals surface area contributed by atoms with Gasteiger partial charge < -0.3 is 5.32 Å². The number of nitrogens with zero attached hydrogens (tertiary/aromatic N) is 1. The minimum atomic E-state index is 0.954. The SMILES string of the molecule is Brc1ccc2sc(NCCCc3ccccc3)nc2c1. The van der Waals surface area contributed by atoms with Crippen molar-refractivity contribution in [1.82, 2.24) is 4.98 Å². The van der Waals surface area contributed by atoms with Gasteiger partial charge in [-0.05, 0) is 36.6 Å². The highest BCUT2D eigenvalue weighted by atomic mass is 79.9. The monoisotopic (exact) mass is 346 g/mol. The molecule has 0 saturated heterocycles. The van der Waals surface area contributed by atoms with Gasteiger partial charge in [-0.15, -0.1) is 0 Å². The minimum absolute atomic E-state index is 0.954. The van der Waals surface area contributed by atoms with Gasteiger partial charge in [-0.2, -0.15) is 0 Å². The van der Waals surface area contributed by atoms with Gasteiger partial charge in [0.2, 0.25) is 0 Å². The quantitative estimate of drug-likeness (QED) is 0.649. The highest BCUT2D eigenvalue weighted by Gasteiger charge is 2.03. The molecule has 3 rings (SSSR count). The lowest BCUT2D eigenvalue weighted by molar-refractivity contribution is 0.862. The maximum atomic E-state index is 4.60. The Bertz CT molecular complexity index is 694. The van der Waals surface area contributed by atoms with E-state index in [4.69, 9.17) is 0 Å². The lowest BCUT2D eigenvalue weighted by atomic mass is 10.1. The molecule has 2 aromatic carbocycles. The largest absolute Gasteiger partial charge is 0.361 e. The first-order valence-corrected chi connectivity index (χ1v) is 8.26. The van der Waals surface area contributed by atoms with Gasteiger partial charge in [-0.3, -0.25) is 0 Å². The van der Waals surface area contributed by atoms with Crippen molar-refractivity contribution in [2.24, 2.45) is 0 Å². The van der Waals surface area contributed by atoms with Crippen LogP contribution in [0, 0.1) is 0 Å². The molecule has 0 spiro atoms. The van der Waals surface area contributed by atoms with E-state index >= 15 is 0 Å². The van der Waals surface area contributed by atoms with Gasteiger partial charge in [0.25, 0.3) is 0 Å². The maximum Gasteiger partial charge on any atom is 0.183 e. The Morgan fingerprint density at radius 1 is 1.10 bits per heavy atom. The van der Waals surface area contributed by atoms with E-state index in [9.17, 15) is 0 Å². The van der Waals surface area contributed by atoms with E-state index in [1.807, 2.05) is 0 Å². The first-order chi connectivity index (χ1) is 9.81. The van der Waals surface area contributed by atoms with Gasteiger partial charge in [0.1, 0.15) is 0 Å². The van der Waals surface area contributed by atoms with Crippen LogP contribution in [0.3, 0.4) is 0 Å². The number of thiazole rings is 1. The van der Waals surface area contributed by atoms with Crippen LogP contribution >= 0.6 is 27.3 Å². The Balaban J connectivity index is 1.55. The molecule has 0 saturated carbocycles. The Morgan fingerprint density at radius 2 is 1.95 bits per heavy atom. The van der Waals surface area contributed by atoms with Gasteiger partial charge in [-0.25, -0.2) is 4.98 Å². The van der Waals surface area contributed by atoms with Crippen molar-refractivity contribution < 1.29 is 0 Å². The van der Waals surface area contributed by atoms with Crippen LogP contribution < -0.4 is 5.32 Å². The van der Waals surface area contributed by atoms with Crippen molar-refractivity contribution in [3.8, 4) is 0 Å². The molecule has 2 nitrogen and oxygen atoms in total. The lowest BCUT2D eigenvalue weighted by Crippen LogP contribution is -2.02. The van der Waals surface area contributed by atoms with Crippen molar-refractivity contribution in [1.29, 1.82) is 0 Å². The molecule has 1 aromatic heterocycles. The molecule has 1 heterocycles. The second-order valence-electron chi connectivity index (χ2n) is 4.65. The molecule has 0 unspecified atom stereocenters. The zero-order valence-electron chi connectivity index (χ0n) is 11.0. The van der Waals surface area contributed by atoms with Crippen molar-refractivity contribution in [3.05, 3.63) is 58.6 Å². The second kappa shape index (κ2) is 6.37. The van der Waals surface area contributed by atoms with E-state index in [2.05, 4.69) is 74.8 Å². The molecule has 3 aromatic rings. The lowest BCUT2D eigenvalue weighted by Gasteiger charge is -2.02. The zero-order valence-corrected chi connectivity index (χ0v) is 13.4. The number of fused-ring (bicyclic) bond motifs is 1. The van der Waals surface area contributed by atoms with Crippen molar-refractivity contribution >= 4 is 42.6 Å². The molecule has 4 heteroatoms. The van der Waals surface area contributed by atoms with Gasteiger partial charge in [0.05, 0.1) is 10.2 Å². The number of anilines is 1. The van der Waals surface area contributed by atoms with Crippen molar-refractivity contribution in [3.63, 3.8) is 0 Å². The topological polar surface area (TPSA) is 24.9 Å². The number of hydrogen-bond acceptors (Lipinski definition) is 3. The standard InChI is InChI=1S/C16H15BrN2S/c17-13-8-9-15-14(11-13)19-16(20-15)18-10-4-7-12-5-2-1-3-6-12/h1-3,5-6,8-9,11H,4,7,10H2,(H,18,19). The number of rotatable bonds is 5. The summed E-state index contributed by atoms with van der Waals surface area (Å²) >= 11 is 5.18. The smallest absolute Gasteiger partial charge is 0.183 e. The molecule has 102 valence electrons. The summed E-state index contributed by atoms with van der Waals surface area (Å²) in [6.45, 7) is 0.954. The highest BCUT2D eigenvalue weighted by molar-refractivity contribution is 9.10. The maximum absolute atomic E-state index is 4.60. The Kier molecular flexibility index (Phi) is 4.33. The van der Waals surface area contributed by atoms with Crippen LogP contribution in [-0.4, -0.2) is 11.5 Å². The molecule has 0 fully saturated rings. The average Bonchev–Trinajstić information content (AvgIpc) is 2.86. The zero-order chi connectivity index (χ0) is 13.8. The van der Waals surface area contributed by atoms with Gasteiger partial charge in [-0.1, -0.05) is 57.6 Å². The molecule has 0 atom stereocenters. The molecule has 0 radical (unpaired) electrons. The minimum Gasteiger partial charge on any atom is -0.361 e. The normalized spacial score (nSPS) is 10.8. The number of hydrogen-bond donors (Lipinski definition) is 1. The average molecular weight is 347 g/mol. The summed E-state index contributed by atoms with van der Waals surface area (Å²) < 4.78 is 2.30. The number of aromatic nitrogens is 1. The van der Waals surface area contributed by atoms with E-state index in [0.717, 1.165) is 34.5 Å². The van der Waals surface area contributed by atoms with Crippen LogP contribution in [0.2, 0.25) is 0 Å².